The van der Waals surface area contributed by atoms with Crippen LogP contribution in [0.2, 0.25) is 0 Å². The molecule has 32 heavy (non-hydrogen) atoms. The minimum absolute atomic E-state index is 0.203. The normalized spacial score (nSPS) is 11.7. The van der Waals surface area contributed by atoms with Crippen molar-refractivity contribution >= 4 is 38.6 Å². The van der Waals surface area contributed by atoms with Gasteiger partial charge in [0.25, 0.3) is 5.91 Å². The number of nitrogens with zero attached hydrogens (tertiary/aromatic N) is 6. The van der Waals surface area contributed by atoms with Gasteiger partial charge in [-0.15, -0.1) is 0 Å². The van der Waals surface area contributed by atoms with E-state index in [1.165, 1.54) is 6.20 Å². The summed E-state index contributed by atoms with van der Waals surface area (Å²) in [5.41, 5.74) is 8.17. The fourth-order valence-electron chi connectivity index (χ4n) is 3.27. The zero-order chi connectivity index (χ0) is 22.7. The number of hydrogen-bond acceptors (Lipinski definition) is 7. The summed E-state index contributed by atoms with van der Waals surface area (Å²) in [4.78, 5) is 32.6. The van der Waals surface area contributed by atoms with Gasteiger partial charge < -0.3 is 10.6 Å². The number of fused-ring (bicyclic) bond motifs is 1. The maximum atomic E-state index is 13.6. The third-order valence-corrected chi connectivity index (χ3v) is 5.65. The molecule has 0 radical (unpaired) electrons. The van der Waals surface area contributed by atoms with Crippen LogP contribution in [-0.4, -0.2) is 30.7 Å². The van der Waals surface area contributed by atoms with E-state index >= 15 is 0 Å². The van der Waals surface area contributed by atoms with Crippen LogP contribution in [0.3, 0.4) is 0 Å². The number of nitrogen functional groups attached to an aromatic ring is 1. The molecule has 3 heterocycles. The molecule has 0 aliphatic carbocycles. The summed E-state index contributed by atoms with van der Waals surface area (Å²) in [5, 5.41) is 9.81. The highest BCUT2D eigenvalue weighted by molar-refractivity contribution is 9.10. The predicted molar refractivity (Wildman–Crippen MR) is 123 cm³/mol. The number of nitriles is 1. The average molecular weight is 488 g/mol. The summed E-state index contributed by atoms with van der Waals surface area (Å²) in [6, 6.07) is 13.9. The van der Waals surface area contributed by atoms with Crippen molar-refractivity contribution in [3.8, 4) is 6.07 Å². The van der Waals surface area contributed by atoms with Gasteiger partial charge in [-0.2, -0.15) is 5.26 Å². The van der Waals surface area contributed by atoms with Gasteiger partial charge >= 0.3 is 0 Å². The molecule has 3 aromatic heterocycles. The van der Waals surface area contributed by atoms with E-state index in [9.17, 15) is 4.79 Å². The van der Waals surface area contributed by atoms with Crippen LogP contribution in [0.5, 0.6) is 0 Å². The molecule has 4 rings (SSSR count). The largest absolute Gasteiger partial charge is 0.383 e. The van der Waals surface area contributed by atoms with E-state index in [1.807, 2.05) is 19.1 Å². The van der Waals surface area contributed by atoms with Crippen LogP contribution in [0.1, 0.15) is 40.4 Å². The molecule has 1 atom stereocenters. The minimum atomic E-state index is -0.409. The molecule has 0 saturated carbocycles. The van der Waals surface area contributed by atoms with Gasteiger partial charge in [-0.05, 0) is 65.3 Å². The van der Waals surface area contributed by atoms with Crippen molar-refractivity contribution in [3.05, 3.63) is 88.2 Å². The summed E-state index contributed by atoms with van der Waals surface area (Å²) < 4.78 is 0.666. The lowest BCUT2D eigenvalue weighted by atomic mass is 10.1. The second kappa shape index (κ2) is 9.08. The predicted octanol–water partition coefficient (Wildman–Crippen LogP) is 4.04. The highest BCUT2D eigenvalue weighted by atomic mass is 79.9. The Kier molecular flexibility index (Phi) is 6.05. The Morgan fingerprint density at radius 1 is 1.19 bits per heavy atom. The molecule has 0 unspecified atom stereocenters. The third kappa shape index (κ3) is 4.40. The number of rotatable bonds is 5. The summed E-state index contributed by atoms with van der Waals surface area (Å²) in [6.07, 6.45) is 4.78. The number of carbonyl (C=O) groups excluding carboxylic acids is 1. The lowest BCUT2D eigenvalue weighted by Crippen LogP contribution is -2.34. The first-order chi connectivity index (χ1) is 15.5. The first-order valence-electron chi connectivity index (χ1n) is 9.75. The van der Waals surface area contributed by atoms with Crippen molar-refractivity contribution in [3.63, 3.8) is 0 Å². The topological polar surface area (TPSA) is 122 Å². The Morgan fingerprint density at radius 3 is 2.66 bits per heavy atom. The average Bonchev–Trinajstić information content (AvgIpc) is 2.83. The maximum absolute atomic E-state index is 13.6. The number of anilines is 1. The molecule has 0 spiro atoms. The summed E-state index contributed by atoms with van der Waals surface area (Å²) >= 11 is 3.39. The lowest BCUT2D eigenvalue weighted by Gasteiger charge is -2.28. The summed E-state index contributed by atoms with van der Waals surface area (Å²) in [6.45, 7) is 2.10. The number of carbonyl (C=O) groups is 1. The van der Waals surface area contributed by atoms with Gasteiger partial charge in [-0.3, -0.25) is 9.78 Å². The van der Waals surface area contributed by atoms with Gasteiger partial charge in [0, 0.05) is 29.5 Å². The molecular formula is C23H18BrN7O. The first-order valence-corrected chi connectivity index (χ1v) is 10.5. The summed E-state index contributed by atoms with van der Waals surface area (Å²) in [7, 11) is 0. The molecular weight excluding hydrogens is 470 g/mol. The second-order valence-electron chi connectivity index (χ2n) is 7.13. The van der Waals surface area contributed by atoms with E-state index in [0.717, 1.165) is 5.39 Å². The van der Waals surface area contributed by atoms with E-state index in [4.69, 9.17) is 11.0 Å². The molecule has 0 fully saturated rings. The fraction of sp³-hybridized carbons (Fsp3) is 0.130. The van der Waals surface area contributed by atoms with Crippen molar-refractivity contribution in [1.29, 1.82) is 5.26 Å². The van der Waals surface area contributed by atoms with E-state index in [0.29, 0.717) is 38.5 Å². The Morgan fingerprint density at radius 2 is 1.97 bits per heavy atom. The van der Waals surface area contributed by atoms with Gasteiger partial charge in [0.05, 0.1) is 33.8 Å². The van der Waals surface area contributed by atoms with Crippen LogP contribution in [0.25, 0.3) is 10.9 Å². The van der Waals surface area contributed by atoms with Crippen LogP contribution in [0.15, 0.2) is 65.5 Å². The van der Waals surface area contributed by atoms with E-state index in [-0.39, 0.29) is 12.5 Å². The van der Waals surface area contributed by atoms with E-state index in [1.54, 1.807) is 53.7 Å². The standard InChI is InChI=1S/C23H18BrN7O/c1-14(22-27-7-2-8-28-22)31(13-18-5-3-15(11-25)12-29-18)23(32)16-4-6-20-17(9-16)10-19(24)21(26)30-20/h2-10,12,14H,13H2,1H3,(H2,26,30)/t14-/m1/s1. The van der Waals surface area contributed by atoms with Crippen molar-refractivity contribution in [1.82, 2.24) is 24.8 Å². The Labute approximate surface area is 192 Å². The van der Waals surface area contributed by atoms with Gasteiger partial charge in [0.15, 0.2) is 0 Å². The van der Waals surface area contributed by atoms with E-state index in [2.05, 4.69) is 35.9 Å². The Hall–Kier alpha value is -3.90. The molecule has 158 valence electrons. The molecule has 4 aromatic rings. The van der Waals surface area contributed by atoms with Crippen LogP contribution >= 0.6 is 15.9 Å². The van der Waals surface area contributed by atoms with Crippen molar-refractivity contribution in [2.45, 2.75) is 19.5 Å². The molecule has 0 bridgehead atoms. The van der Waals surface area contributed by atoms with Gasteiger partial charge in [0.1, 0.15) is 17.7 Å². The molecule has 2 N–H and O–H groups in total. The molecule has 8 nitrogen and oxygen atoms in total. The zero-order valence-electron chi connectivity index (χ0n) is 17.1. The number of amides is 1. The number of aromatic nitrogens is 4. The number of hydrogen-bond donors (Lipinski definition) is 1. The van der Waals surface area contributed by atoms with Crippen LogP contribution in [-0.2, 0) is 6.54 Å². The molecule has 0 aliphatic heterocycles. The number of benzene rings is 1. The van der Waals surface area contributed by atoms with Gasteiger partial charge in [-0.25, -0.2) is 15.0 Å². The quantitative estimate of drug-likeness (QED) is 0.450. The summed E-state index contributed by atoms with van der Waals surface area (Å²) in [5.74, 6) is 0.707. The number of nitrogens with two attached hydrogens (primary N) is 1. The highest BCUT2D eigenvalue weighted by Crippen LogP contribution is 2.26. The monoisotopic (exact) mass is 487 g/mol. The molecule has 1 aromatic carbocycles. The molecule has 0 aliphatic rings. The van der Waals surface area contributed by atoms with Crippen molar-refractivity contribution < 1.29 is 4.79 Å². The number of halogens is 1. The van der Waals surface area contributed by atoms with Crippen molar-refractivity contribution in [2.75, 3.05) is 5.73 Å². The zero-order valence-corrected chi connectivity index (χ0v) is 18.7. The number of pyridine rings is 2. The van der Waals surface area contributed by atoms with Crippen molar-refractivity contribution in [2.24, 2.45) is 0 Å². The molecule has 1 amide bonds. The Balaban J connectivity index is 1.72. The van der Waals surface area contributed by atoms with Crippen LogP contribution in [0.4, 0.5) is 5.82 Å². The highest BCUT2D eigenvalue weighted by Gasteiger charge is 2.25. The molecule has 0 saturated heterocycles. The minimum Gasteiger partial charge on any atom is -0.383 e. The van der Waals surface area contributed by atoms with Crippen LogP contribution < -0.4 is 5.73 Å². The third-order valence-electron chi connectivity index (χ3n) is 5.02. The van der Waals surface area contributed by atoms with Gasteiger partial charge in [-0.1, -0.05) is 0 Å². The lowest BCUT2D eigenvalue weighted by molar-refractivity contribution is 0.0663. The fourth-order valence-corrected chi connectivity index (χ4v) is 3.61. The van der Waals surface area contributed by atoms with E-state index < -0.39 is 6.04 Å². The van der Waals surface area contributed by atoms with Gasteiger partial charge in [0.2, 0.25) is 0 Å². The maximum Gasteiger partial charge on any atom is 0.254 e. The Bertz CT molecular complexity index is 1320. The molecule has 9 heteroatoms. The second-order valence-corrected chi connectivity index (χ2v) is 7.98. The van der Waals surface area contributed by atoms with Crippen LogP contribution in [0, 0.1) is 11.3 Å². The smallest absolute Gasteiger partial charge is 0.254 e. The SMILES string of the molecule is C[C@H](c1ncccn1)N(Cc1ccc(C#N)cn1)C(=O)c1ccc2nc(N)c(Br)cc2c1. The first kappa shape index (κ1) is 21.3.